The number of amides is 2. The molecular formula is C19H20N2O3S. The van der Waals surface area contributed by atoms with Crippen molar-refractivity contribution in [1.82, 2.24) is 4.90 Å². The molecule has 1 fully saturated rings. The molecule has 5 nitrogen and oxygen atoms in total. The lowest BCUT2D eigenvalue weighted by Crippen LogP contribution is -2.33. The first-order chi connectivity index (χ1) is 12.1. The van der Waals surface area contributed by atoms with Gasteiger partial charge in [-0.15, -0.1) is 0 Å². The molecular weight excluding hydrogens is 336 g/mol. The van der Waals surface area contributed by atoms with Crippen molar-refractivity contribution in [3.63, 3.8) is 0 Å². The molecule has 2 amide bonds. The number of rotatable bonds is 6. The average Bonchev–Trinajstić information content (AvgIpc) is 2.86. The highest BCUT2D eigenvalue weighted by molar-refractivity contribution is 8.15. The first kappa shape index (κ1) is 17.4. The van der Waals surface area contributed by atoms with Crippen LogP contribution in [0.4, 0.5) is 10.5 Å². The maximum absolute atomic E-state index is 12.6. The lowest BCUT2D eigenvalue weighted by molar-refractivity contribution is -0.126. The summed E-state index contributed by atoms with van der Waals surface area (Å²) >= 11 is 1.01. The molecule has 130 valence electrons. The fourth-order valence-electron chi connectivity index (χ4n) is 2.52. The van der Waals surface area contributed by atoms with Gasteiger partial charge in [0.15, 0.2) is 5.37 Å². The van der Waals surface area contributed by atoms with Crippen LogP contribution >= 0.6 is 11.8 Å². The SMILES string of the molecule is CCOc1ccc(NC2SC(=O)N(Cc3ccc(C)cc3)C2=O)cc1. The zero-order valence-electron chi connectivity index (χ0n) is 14.2. The average molecular weight is 356 g/mol. The van der Waals surface area contributed by atoms with Gasteiger partial charge >= 0.3 is 0 Å². The summed E-state index contributed by atoms with van der Waals surface area (Å²) in [5.41, 5.74) is 2.86. The van der Waals surface area contributed by atoms with E-state index in [-0.39, 0.29) is 11.1 Å². The second kappa shape index (κ2) is 7.61. The van der Waals surface area contributed by atoms with E-state index in [0.717, 1.165) is 34.3 Å². The molecule has 1 unspecified atom stereocenters. The number of carbonyl (C=O) groups excluding carboxylic acids is 2. The number of hydrogen-bond donors (Lipinski definition) is 1. The van der Waals surface area contributed by atoms with Crippen molar-refractivity contribution >= 4 is 28.6 Å². The van der Waals surface area contributed by atoms with Gasteiger partial charge in [0, 0.05) is 5.69 Å². The van der Waals surface area contributed by atoms with Crippen molar-refractivity contribution in [2.24, 2.45) is 0 Å². The lowest BCUT2D eigenvalue weighted by Gasteiger charge is -2.15. The Morgan fingerprint density at radius 3 is 2.40 bits per heavy atom. The maximum Gasteiger partial charge on any atom is 0.291 e. The van der Waals surface area contributed by atoms with E-state index in [1.54, 1.807) is 0 Å². The molecule has 1 atom stereocenters. The van der Waals surface area contributed by atoms with E-state index in [2.05, 4.69) is 5.32 Å². The van der Waals surface area contributed by atoms with Crippen molar-refractivity contribution in [3.8, 4) is 5.75 Å². The molecule has 6 heteroatoms. The molecule has 0 radical (unpaired) electrons. The number of hydrogen-bond acceptors (Lipinski definition) is 5. The van der Waals surface area contributed by atoms with Crippen LogP contribution < -0.4 is 10.1 Å². The van der Waals surface area contributed by atoms with Crippen molar-refractivity contribution in [2.45, 2.75) is 25.8 Å². The van der Waals surface area contributed by atoms with Gasteiger partial charge in [-0.3, -0.25) is 14.5 Å². The Morgan fingerprint density at radius 2 is 1.76 bits per heavy atom. The molecule has 0 saturated carbocycles. The van der Waals surface area contributed by atoms with E-state index in [4.69, 9.17) is 4.74 Å². The van der Waals surface area contributed by atoms with Gasteiger partial charge < -0.3 is 10.1 Å². The fraction of sp³-hybridized carbons (Fsp3) is 0.263. The largest absolute Gasteiger partial charge is 0.494 e. The molecule has 1 N–H and O–H groups in total. The monoisotopic (exact) mass is 356 g/mol. The first-order valence-electron chi connectivity index (χ1n) is 8.14. The van der Waals surface area contributed by atoms with Crippen molar-refractivity contribution < 1.29 is 14.3 Å². The second-order valence-electron chi connectivity index (χ2n) is 5.78. The molecule has 1 heterocycles. The van der Waals surface area contributed by atoms with Crippen molar-refractivity contribution in [2.75, 3.05) is 11.9 Å². The van der Waals surface area contributed by atoms with Crippen LogP contribution in [0.25, 0.3) is 0 Å². The molecule has 0 aliphatic carbocycles. The third-order valence-corrected chi connectivity index (χ3v) is 4.83. The Morgan fingerprint density at radius 1 is 1.08 bits per heavy atom. The van der Waals surface area contributed by atoms with E-state index < -0.39 is 5.37 Å². The van der Waals surface area contributed by atoms with Gasteiger partial charge in [-0.2, -0.15) is 0 Å². The van der Waals surface area contributed by atoms with E-state index >= 15 is 0 Å². The number of thioether (sulfide) groups is 1. The van der Waals surface area contributed by atoms with Crippen LogP contribution in [-0.2, 0) is 11.3 Å². The second-order valence-corrected chi connectivity index (χ2v) is 6.83. The molecule has 1 saturated heterocycles. The molecule has 0 spiro atoms. The summed E-state index contributed by atoms with van der Waals surface area (Å²) in [4.78, 5) is 26.1. The molecule has 1 aliphatic heterocycles. The van der Waals surface area contributed by atoms with Gasteiger partial charge in [0.05, 0.1) is 13.2 Å². The fourth-order valence-corrected chi connectivity index (χ4v) is 3.43. The van der Waals surface area contributed by atoms with Gasteiger partial charge in [-0.1, -0.05) is 29.8 Å². The molecule has 25 heavy (non-hydrogen) atoms. The van der Waals surface area contributed by atoms with Gasteiger partial charge in [0.25, 0.3) is 11.1 Å². The van der Waals surface area contributed by atoms with E-state index in [0.29, 0.717) is 13.2 Å². The number of imide groups is 1. The minimum absolute atomic E-state index is 0.218. The molecule has 0 bridgehead atoms. The van der Waals surface area contributed by atoms with E-state index in [9.17, 15) is 9.59 Å². The van der Waals surface area contributed by atoms with Crippen LogP contribution in [0.2, 0.25) is 0 Å². The standard InChI is InChI=1S/C19H20N2O3S/c1-3-24-16-10-8-15(9-11-16)20-17-18(22)21(19(23)25-17)12-14-6-4-13(2)5-7-14/h4-11,17,20H,3,12H2,1-2H3. The molecule has 2 aromatic rings. The molecule has 1 aliphatic rings. The number of ether oxygens (including phenoxy) is 1. The lowest BCUT2D eigenvalue weighted by atomic mass is 10.1. The van der Waals surface area contributed by atoms with E-state index in [1.807, 2.05) is 62.4 Å². The van der Waals surface area contributed by atoms with Crippen molar-refractivity contribution in [3.05, 3.63) is 59.7 Å². The summed E-state index contributed by atoms with van der Waals surface area (Å²) in [7, 11) is 0. The van der Waals surface area contributed by atoms with Gasteiger partial charge in [0.1, 0.15) is 5.75 Å². The normalized spacial score (nSPS) is 17.0. The summed E-state index contributed by atoms with van der Waals surface area (Å²) in [6.07, 6.45) is 0. The van der Waals surface area contributed by atoms with Crippen LogP contribution in [-0.4, -0.2) is 28.0 Å². The highest BCUT2D eigenvalue weighted by atomic mass is 32.2. The summed E-state index contributed by atoms with van der Waals surface area (Å²) in [5, 5.41) is 2.28. The summed E-state index contributed by atoms with van der Waals surface area (Å²) in [5.74, 6) is 0.556. The molecule has 3 rings (SSSR count). The number of anilines is 1. The predicted octanol–water partition coefficient (Wildman–Crippen LogP) is 4.03. The smallest absolute Gasteiger partial charge is 0.291 e. The Kier molecular flexibility index (Phi) is 5.28. The van der Waals surface area contributed by atoms with Crippen LogP contribution in [0.15, 0.2) is 48.5 Å². The first-order valence-corrected chi connectivity index (χ1v) is 9.01. The minimum atomic E-state index is -0.601. The van der Waals surface area contributed by atoms with Gasteiger partial charge in [-0.05, 0) is 55.4 Å². The summed E-state index contributed by atoms with van der Waals surface area (Å²) < 4.78 is 5.40. The zero-order valence-corrected chi connectivity index (χ0v) is 15.0. The summed E-state index contributed by atoms with van der Waals surface area (Å²) in [6.45, 7) is 4.83. The number of aryl methyl sites for hydroxylation is 1. The Labute approximate surface area is 151 Å². The third kappa shape index (κ3) is 4.14. The van der Waals surface area contributed by atoms with Crippen LogP contribution in [0.3, 0.4) is 0 Å². The number of nitrogens with one attached hydrogen (secondary N) is 1. The Hall–Kier alpha value is -2.47. The number of nitrogens with zero attached hydrogens (tertiary/aromatic N) is 1. The summed E-state index contributed by atoms with van der Waals surface area (Å²) in [6, 6.07) is 15.2. The highest BCUT2D eigenvalue weighted by Crippen LogP contribution is 2.30. The topological polar surface area (TPSA) is 58.6 Å². The molecule has 2 aromatic carbocycles. The third-order valence-electron chi connectivity index (χ3n) is 3.85. The van der Waals surface area contributed by atoms with Gasteiger partial charge in [0.2, 0.25) is 0 Å². The number of benzene rings is 2. The highest BCUT2D eigenvalue weighted by Gasteiger charge is 2.39. The van der Waals surface area contributed by atoms with Gasteiger partial charge in [-0.25, -0.2) is 0 Å². The molecule has 0 aromatic heterocycles. The van der Waals surface area contributed by atoms with Crippen LogP contribution in [0.5, 0.6) is 5.75 Å². The quantitative estimate of drug-likeness (QED) is 0.847. The zero-order chi connectivity index (χ0) is 17.8. The Bertz CT molecular complexity index is 759. The Balaban J connectivity index is 1.65. The predicted molar refractivity (Wildman–Crippen MR) is 99.7 cm³/mol. The van der Waals surface area contributed by atoms with E-state index in [1.165, 1.54) is 4.90 Å². The van der Waals surface area contributed by atoms with Crippen LogP contribution in [0.1, 0.15) is 18.1 Å². The maximum atomic E-state index is 12.6. The minimum Gasteiger partial charge on any atom is -0.494 e. The van der Waals surface area contributed by atoms with Crippen LogP contribution in [0, 0.1) is 6.92 Å². The number of carbonyl (C=O) groups is 2. The van der Waals surface area contributed by atoms with Crippen molar-refractivity contribution in [1.29, 1.82) is 0 Å².